The van der Waals surface area contributed by atoms with E-state index in [4.69, 9.17) is 16.3 Å². The van der Waals surface area contributed by atoms with E-state index in [0.29, 0.717) is 10.4 Å². The maximum absolute atomic E-state index is 6.00. The Labute approximate surface area is 131 Å². The molecule has 0 spiro atoms. The zero-order valence-corrected chi connectivity index (χ0v) is 13.0. The van der Waals surface area contributed by atoms with Gasteiger partial charge >= 0.3 is 0 Å². The van der Waals surface area contributed by atoms with Crippen molar-refractivity contribution in [3.05, 3.63) is 71.2 Å². The fourth-order valence-electron chi connectivity index (χ4n) is 2.11. The first kappa shape index (κ1) is 13.5. The van der Waals surface area contributed by atoms with Crippen molar-refractivity contribution in [2.75, 3.05) is 0 Å². The third-order valence-electron chi connectivity index (χ3n) is 3.12. The average Bonchev–Trinajstić information content (AvgIpc) is 2.49. The average molecular weight is 348 g/mol. The van der Waals surface area contributed by atoms with E-state index in [1.54, 1.807) is 0 Å². The van der Waals surface area contributed by atoms with Gasteiger partial charge in [0, 0.05) is 15.9 Å². The van der Waals surface area contributed by atoms with E-state index < -0.39 is 0 Å². The molecule has 0 aliphatic carbocycles. The molecule has 20 heavy (non-hydrogen) atoms. The van der Waals surface area contributed by atoms with Gasteiger partial charge in [-0.15, -0.1) is 0 Å². The van der Waals surface area contributed by atoms with Crippen molar-refractivity contribution in [2.45, 2.75) is 5.33 Å². The Kier molecular flexibility index (Phi) is 3.95. The van der Waals surface area contributed by atoms with E-state index in [1.165, 1.54) is 10.8 Å². The molecule has 0 heterocycles. The van der Waals surface area contributed by atoms with Gasteiger partial charge in [0.1, 0.15) is 11.5 Å². The van der Waals surface area contributed by atoms with Crippen LogP contribution in [0.3, 0.4) is 0 Å². The lowest BCUT2D eigenvalue weighted by atomic mass is 10.1. The molecule has 0 N–H and O–H groups in total. The molecular formula is C17H12BrClO. The highest BCUT2D eigenvalue weighted by Crippen LogP contribution is 2.31. The molecule has 1 nitrogen and oxygen atoms in total. The Morgan fingerprint density at radius 1 is 0.900 bits per heavy atom. The molecule has 0 bridgehead atoms. The molecular weight excluding hydrogens is 336 g/mol. The first-order chi connectivity index (χ1) is 9.76. The minimum atomic E-state index is 0.705. The normalized spacial score (nSPS) is 10.7. The van der Waals surface area contributed by atoms with Crippen molar-refractivity contribution in [1.82, 2.24) is 0 Å². The standard InChI is InChI=1S/C17H12BrClO/c18-11-14-9-15(19)6-8-17(14)20-16-7-5-12-3-1-2-4-13(12)10-16/h1-10H,11H2. The van der Waals surface area contributed by atoms with E-state index in [9.17, 15) is 0 Å². The number of benzene rings is 3. The van der Waals surface area contributed by atoms with Crippen LogP contribution in [0, 0.1) is 0 Å². The van der Waals surface area contributed by atoms with Crippen LogP contribution in [0.15, 0.2) is 60.7 Å². The van der Waals surface area contributed by atoms with Crippen LogP contribution in [0.2, 0.25) is 5.02 Å². The van der Waals surface area contributed by atoms with Crippen LogP contribution in [-0.4, -0.2) is 0 Å². The highest BCUT2D eigenvalue weighted by atomic mass is 79.9. The molecule has 0 radical (unpaired) electrons. The topological polar surface area (TPSA) is 9.23 Å². The molecule has 100 valence electrons. The molecule has 0 aliphatic heterocycles. The number of alkyl halides is 1. The lowest BCUT2D eigenvalue weighted by Crippen LogP contribution is -1.89. The summed E-state index contributed by atoms with van der Waals surface area (Å²) in [4.78, 5) is 0. The van der Waals surface area contributed by atoms with Crippen molar-refractivity contribution in [3.8, 4) is 11.5 Å². The SMILES string of the molecule is Clc1ccc(Oc2ccc3ccccc3c2)c(CBr)c1. The van der Waals surface area contributed by atoms with Gasteiger partial charge in [-0.05, 0) is 41.1 Å². The maximum Gasteiger partial charge on any atom is 0.131 e. The number of hydrogen-bond acceptors (Lipinski definition) is 1. The minimum Gasteiger partial charge on any atom is -0.457 e. The smallest absolute Gasteiger partial charge is 0.131 e. The minimum absolute atomic E-state index is 0.705. The number of ether oxygens (including phenoxy) is 1. The van der Waals surface area contributed by atoms with E-state index >= 15 is 0 Å². The van der Waals surface area contributed by atoms with Crippen LogP contribution in [0.4, 0.5) is 0 Å². The van der Waals surface area contributed by atoms with Crippen molar-refractivity contribution in [1.29, 1.82) is 0 Å². The summed E-state index contributed by atoms with van der Waals surface area (Å²) in [5.74, 6) is 1.65. The van der Waals surface area contributed by atoms with E-state index in [-0.39, 0.29) is 0 Å². The molecule has 3 aromatic carbocycles. The van der Waals surface area contributed by atoms with E-state index in [0.717, 1.165) is 17.1 Å². The monoisotopic (exact) mass is 346 g/mol. The predicted molar refractivity (Wildman–Crippen MR) is 88.1 cm³/mol. The molecule has 0 aliphatic rings. The predicted octanol–water partition coefficient (Wildman–Crippen LogP) is 6.18. The summed E-state index contributed by atoms with van der Waals surface area (Å²) in [7, 11) is 0. The first-order valence-corrected chi connectivity index (χ1v) is 7.77. The van der Waals surface area contributed by atoms with E-state index in [1.807, 2.05) is 42.5 Å². The number of hydrogen-bond donors (Lipinski definition) is 0. The molecule has 3 rings (SSSR count). The van der Waals surface area contributed by atoms with Gasteiger partial charge in [0.15, 0.2) is 0 Å². The van der Waals surface area contributed by atoms with Gasteiger partial charge in [0.2, 0.25) is 0 Å². The van der Waals surface area contributed by atoms with E-state index in [2.05, 4.69) is 34.1 Å². The number of halogens is 2. The van der Waals surface area contributed by atoms with Crippen molar-refractivity contribution in [2.24, 2.45) is 0 Å². The Bertz CT molecular complexity index is 755. The second-order valence-corrected chi connectivity index (χ2v) is 5.49. The van der Waals surface area contributed by atoms with Crippen LogP contribution in [-0.2, 0) is 5.33 Å². The summed E-state index contributed by atoms with van der Waals surface area (Å²) in [5, 5.41) is 3.79. The Hall–Kier alpha value is -1.51. The summed E-state index contributed by atoms with van der Waals surface area (Å²) < 4.78 is 5.97. The van der Waals surface area contributed by atoms with Gasteiger partial charge in [-0.2, -0.15) is 0 Å². The zero-order valence-electron chi connectivity index (χ0n) is 10.6. The number of rotatable bonds is 3. The Morgan fingerprint density at radius 3 is 2.50 bits per heavy atom. The van der Waals surface area contributed by atoms with Crippen molar-refractivity contribution >= 4 is 38.3 Å². The maximum atomic E-state index is 6.00. The van der Waals surface area contributed by atoms with Crippen LogP contribution in [0.25, 0.3) is 10.8 Å². The first-order valence-electron chi connectivity index (χ1n) is 6.27. The van der Waals surface area contributed by atoms with Gasteiger partial charge < -0.3 is 4.74 Å². The second-order valence-electron chi connectivity index (χ2n) is 4.50. The number of fused-ring (bicyclic) bond motifs is 1. The van der Waals surface area contributed by atoms with Crippen LogP contribution in [0.5, 0.6) is 11.5 Å². The zero-order chi connectivity index (χ0) is 13.9. The van der Waals surface area contributed by atoms with Gasteiger partial charge in [0.25, 0.3) is 0 Å². The third-order valence-corrected chi connectivity index (χ3v) is 3.95. The van der Waals surface area contributed by atoms with Crippen LogP contribution < -0.4 is 4.74 Å². The molecule has 0 atom stereocenters. The molecule has 3 heteroatoms. The molecule has 0 amide bonds. The summed E-state index contributed by atoms with van der Waals surface area (Å²) in [6, 6.07) is 20.0. The lowest BCUT2D eigenvalue weighted by molar-refractivity contribution is 0.479. The van der Waals surface area contributed by atoms with Crippen molar-refractivity contribution in [3.63, 3.8) is 0 Å². The van der Waals surface area contributed by atoms with Gasteiger partial charge in [-0.1, -0.05) is 57.9 Å². The molecule has 0 saturated carbocycles. The Balaban J connectivity index is 1.96. The second kappa shape index (κ2) is 5.86. The third kappa shape index (κ3) is 2.82. The summed E-state index contributed by atoms with van der Waals surface area (Å²) >= 11 is 9.46. The highest BCUT2D eigenvalue weighted by molar-refractivity contribution is 9.08. The van der Waals surface area contributed by atoms with Crippen molar-refractivity contribution < 1.29 is 4.74 Å². The van der Waals surface area contributed by atoms with Gasteiger partial charge in [-0.25, -0.2) is 0 Å². The fraction of sp³-hybridized carbons (Fsp3) is 0.0588. The summed E-state index contributed by atoms with van der Waals surface area (Å²) in [6.45, 7) is 0. The molecule has 0 aromatic heterocycles. The van der Waals surface area contributed by atoms with Crippen LogP contribution in [0.1, 0.15) is 5.56 Å². The molecule has 0 saturated heterocycles. The molecule has 0 fully saturated rings. The fourth-order valence-corrected chi connectivity index (χ4v) is 2.74. The highest BCUT2D eigenvalue weighted by Gasteiger charge is 2.05. The summed E-state index contributed by atoms with van der Waals surface area (Å²) in [5.41, 5.74) is 1.03. The van der Waals surface area contributed by atoms with Gasteiger partial charge in [0.05, 0.1) is 0 Å². The Morgan fingerprint density at radius 2 is 1.70 bits per heavy atom. The van der Waals surface area contributed by atoms with Gasteiger partial charge in [-0.3, -0.25) is 0 Å². The quantitative estimate of drug-likeness (QED) is 0.514. The van der Waals surface area contributed by atoms with Crippen LogP contribution >= 0.6 is 27.5 Å². The molecule has 0 unspecified atom stereocenters. The summed E-state index contributed by atoms with van der Waals surface area (Å²) in [6.07, 6.45) is 0. The molecule has 3 aromatic rings. The largest absolute Gasteiger partial charge is 0.457 e. The lowest BCUT2D eigenvalue weighted by Gasteiger charge is -2.10.